The van der Waals surface area contributed by atoms with Gasteiger partial charge in [-0.15, -0.1) is 11.3 Å². The summed E-state index contributed by atoms with van der Waals surface area (Å²) in [5.74, 6) is -0.0884. The molecule has 2 amide bonds. The summed E-state index contributed by atoms with van der Waals surface area (Å²) in [7, 11) is 0. The normalized spacial score (nSPS) is 18.3. The molecule has 1 aliphatic rings. The summed E-state index contributed by atoms with van der Waals surface area (Å²) in [4.78, 5) is 29.6. The SMILES string of the molecule is C[C@H](C(=O)Nc1nccs1)N1CCCCCC1=O. The highest BCUT2D eigenvalue weighted by atomic mass is 32.1. The molecule has 0 spiro atoms. The second-order valence-corrected chi connectivity index (χ2v) is 5.29. The Hall–Kier alpha value is -1.43. The molecule has 0 saturated carbocycles. The lowest BCUT2D eigenvalue weighted by Gasteiger charge is -2.26. The average Bonchev–Trinajstić information content (AvgIpc) is 2.76. The standard InChI is InChI=1S/C12H17N3O2S/c1-9(11(17)14-12-13-6-8-18-12)15-7-4-2-3-5-10(15)16/h6,8-9H,2-5,7H2,1H3,(H,13,14,17)/t9-/m1/s1. The molecule has 1 aromatic heterocycles. The highest BCUT2D eigenvalue weighted by Crippen LogP contribution is 2.16. The molecule has 5 nitrogen and oxygen atoms in total. The molecule has 1 aromatic rings. The number of rotatable bonds is 3. The van der Waals surface area contributed by atoms with Crippen LogP contribution in [0.5, 0.6) is 0 Å². The van der Waals surface area contributed by atoms with Crippen LogP contribution < -0.4 is 5.32 Å². The number of anilines is 1. The number of likely N-dealkylation sites (tertiary alicyclic amines) is 1. The Morgan fingerprint density at radius 1 is 1.50 bits per heavy atom. The molecule has 0 aromatic carbocycles. The van der Waals surface area contributed by atoms with Crippen LogP contribution in [0, 0.1) is 0 Å². The number of hydrogen-bond donors (Lipinski definition) is 1. The van der Waals surface area contributed by atoms with Gasteiger partial charge in [0.15, 0.2) is 5.13 Å². The van der Waals surface area contributed by atoms with Crippen molar-refractivity contribution < 1.29 is 9.59 Å². The van der Waals surface area contributed by atoms with Crippen LogP contribution in [0.15, 0.2) is 11.6 Å². The van der Waals surface area contributed by atoms with Gasteiger partial charge in [0.25, 0.3) is 0 Å². The first-order valence-electron chi connectivity index (χ1n) is 6.18. The van der Waals surface area contributed by atoms with Gasteiger partial charge in [-0.25, -0.2) is 4.98 Å². The number of carbonyl (C=O) groups excluding carboxylic acids is 2. The highest BCUT2D eigenvalue weighted by Gasteiger charge is 2.26. The van der Waals surface area contributed by atoms with Crippen molar-refractivity contribution in [2.24, 2.45) is 0 Å². The molecule has 1 N–H and O–H groups in total. The van der Waals surface area contributed by atoms with Crippen molar-refractivity contribution in [1.82, 2.24) is 9.88 Å². The summed E-state index contributed by atoms with van der Waals surface area (Å²) >= 11 is 1.37. The number of hydrogen-bond acceptors (Lipinski definition) is 4. The second-order valence-electron chi connectivity index (χ2n) is 4.40. The first-order chi connectivity index (χ1) is 8.68. The summed E-state index contributed by atoms with van der Waals surface area (Å²) in [5.41, 5.74) is 0. The van der Waals surface area contributed by atoms with Gasteiger partial charge in [0, 0.05) is 24.5 Å². The monoisotopic (exact) mass is 267 g/mol. The van der Waals surface area contributed by atoms with E-state index >= 15 is 0 Å². The van der Waals surface area contributed by atoms with E-state index in [0.717, 1.165) is 19.3 Å². The van der Waals surface area contributed by atoms with Crippen molar-refractivity contribution in [1.29, 1.82) is 0 Å². The van der Waals surface area contributed by atoms with E-state index in [4.69, 9.17) is 0 Å². The van der Waals surface area contributed by atoms with Crippen molar-refractivity contribution in [3.8, 4) is 0 Å². The Morgan fingerprint density at radius 2 is 2.33 bits per heavy atom. The lowest BCUT2D eigenvalue weighted by Crippen LogP contribution is -2.45. The minimum absolute atomic E-state index is 0.0780. The number of thiazole rings is 1. The molecule has 1 atom stereocenters. The third kappa shape index (κ3) is 3.07. The van der Waals surface area contributed by atoms with Crippen molar-refractivity contribution in [2.75, 3.05) is 11.9 Å². The van der Waals surface area contributed by atoms with Gasteiger partial charge in [0.1, 0.15) is 6.04 Å². The Bertz CT molecular complexity index is 419. The van der Waals surface area contributed by atoms with E-state index in [9.17, 15) is 9.59 Å². The van der Waals surface area contributed by atoms with Gasteiger partial charge < -0.3 is 10.2 Å². The van der Waals surface area contributed by atoms with Crippen LogP contribution in [-0.4, -0.2) is 34.3 Å². The zero-order valence-corrected chi connectivity index (χ0v) is 11.2. The average molecular weight is 267 g/mol. The Morgan fingerprint density at radius 3 is 3.06 bits per heavy atom. The van der Waals surface area contributed by atoms with Crippen LogP contribution in [0.1, 0.15) is 32.6 Å². The quantitative estimate of drug-likeness (QED) is 0.909. The lowest BCUT2D eigenvalue weighted by atomic mass is 10.2. The molecule has 6 heteroatoms. The predicted octanol–water partition coefficient (Wildman–Crippen LogP) is 1.87. The zero-order chi connectivity index (χ0) is 13.0. The maximum Gasteiger partial charge on any atom is 0.248 e. The van der Waals surface area contributed by atoms with Crippen molar-refractivity contribution in [3.63, 3.8) is 0 Å². The number of nitrogens with one attached hydrogen (secondary N) is 1. The first kappa shape index (κ1) is 13.0. The summed E-state index contributed by atoms with van der Waals surface area (Å²) in [6, 6.07) is -0.431. The van der Waals surface area contributed by atoms with Crippen molar-refractivity contribution >= 4 is 28.3 Å². The molecule has 18 heavy (non-hydrogen) atoms. The van der Waals surface area contributed by atoms with E-state index in [0.29, 0.717) is 18.1 Å². The number of nitrogens with zero attached hydrogens (tertiary/aromatic N) is 2. The van der Waals surface area contributed by atoms with Crippen molar-refractivity contribution in [2.45, 2.75) is 38.6 Å². The Balaban J connectivity index is 1.98. The molecule has 1 fully saturated rings. The van der Waals surface area contributed by atoms with Crippen molar-refractivity contribution in [3.05, 3.63) is 11.6 Å². The van der Waals surface area contributed by atoms with Crippen LogP contribution in [0.4, 0.5) is 5.13 Å². The van der Waals surface area contributed by atoms with Crippen LogP contribution >= 0.6 is 11.3 Å². The Kier molecular flexibility index (Phi) is 4.30. The fourth-order valence-electron chi connectivity index (χ4n) is 2.05. The molecule has 2 rings (SSSR count). The molecule has 0 aliphatic carbocycles. The zero-order valence-electron chi connectivity index (χ0n) is 10.4. The molecule has 1 saturated heterocycles. The van der Waals surface area contributed by atoms with E-state index in [1.807, 2.05) is 0 Å². The van der Waals surface area contributed by atoms with Gasteiger partial charge in [-0.2, -0.15) is 0 Å². The van der Waals surface area contributed by atoms with Crippen LogP contribution in [-0.2, 0) is 9.59 Å². The molecular weight excluding hydrogens is 250 g/mol. The van der Waals surface area contributed by atoms with Crippen LogP contribution in [0.25, 0.3) is 0 Å². The van der Waals surface area contributed by atoms with Gasteiger partial charge >= 0.3 is 0 Å². The van der Waals surface area contributed by atoms with E-state index in [-0.39, 0.29) is 11.8 Å². The predicted molar refractivity (Wildman–Crippen MR) is 70.4 cm³/mol. The molecule has 2 heterocycles. The molecule has 0 bridgehead atoms. The highest BCUT2D eigenvalue weighted by molar-refractivity contribution is 7.13. The van der Waals surface area contributed by atoms with E-state index in [1.165, 1.54) is 11.3 Å². The maximum absolute atomic E-state index is 12.0. The van der Waals surface area contributed by atoms with E-state index in [1.54, 1.807) is 23.4 Å². The minimum Gasteiger partial charge on any atom is -0.331 e. The first-order valence-corrected chi connectivity index (χ1v) is 7.06. The van der Waals surface area contributed by atoms with Gasteiger partial charge in [-0.1, -0.05) is 6.42 Å². The fraction of sp³-hybridized carbons (Fsp3) is 0.583. The smallest absolute Gasteiger partial charge is 0.248 e. The van der Waals surface area contributed by atoms with Crippen LogP contribution in [0.2, 0.25) is 0 Å². The fourth-order valence-corrected chi connectivity index (χ4v) is 2.58. The summed E-state index contributed by atoms with van der Waals surface area (Å²) < 4.78 is 0. The molecule has 98 valence electrons. The third-order valence-electron chi connectivity index (χ3n) is 3.12. The number of carbonyl (C=O) groups is 2. The minimum atomic E-state index is -0.431. The van der Waals surface area contributed by atoms with Gasteiger partial charge in [0.05, 0.1) is 0 Å². The summed E-state index contributed by atoms with van der Waals surface area (Å²) in [6.07, 6.45) is 5.15. The topological polar surface area (TPSA) is 62.3 Å². The lowest BCUT2D eigenvalue weighted by molar-refractivity contribution is -0.137. The molecule has 0 radical (unpaired) electrons. The number of amides is 2. The third-order valence-corrected chi connectivity index (χ3v) is 3.81. The molecular formula is C12H17N3O2S. The van der Waals surface area contributed by atoms with Gasteiger partial charge in [-0.05, 0) is 19.8 Å². The molecule has 1 aliphatic heterocycles. The Labute approximate surface area is 110 Å². The summed E-state index contributed by atoms with van der Waals surface area (Å²) in [5, 5.41) is 5.12. The van der Waals surface area contributed by atoms with E-state index < -0.39 is 6.04 Å². The molecule has 0 unspecified atom stereocenters. The maximum atomic E-state index is 12.0. The number of aromatic nitrogens is 1. The van der Waals surface area contributed by atoms with Gasteiger partial charge in [0.2, 0.25) is 11.8 Å². The summed E-state index contributed by atoms with van der Waals surface area (Å²) in [6.45, 7) is 2.44. The van der Waals surface area contributed by atoms with Crippen LogP contribution in [0.3, 0.4) is 0 Å². The second kappa shape index (κ2) is 5.95. The van der Waals surface area contributed by atoms with E-state index in [2.05, 4.69) is 10.3 Å². The largest absolute Gasteiger partial charge is 0.331 e. The van der Waals surface area contributed by atoms with Gasteiger partial charge in [-0.3, -0.25) is 9.59 Å².